The summed E-state index contributed by atoms with van der Waals surface area (Å²) in [5, 5.41) is 31.7. The van der Waals surface area contributed by atoms with Crippen LogP contribution in [0, 0.1) is 0 Å². The molecule has 0 aromatic heterocycles. The van der Waals surface area contributed by atoms with Gasteiger partial charge in [-0.3, -0.25) is 9.59 Å². The van der Waals surface area contributed by atoms with Crippen LogP contribution in [0.2, 0.25) is 0 Å². The predicted octanol–water partition coefficient (Wildman–Crippen LogP) is 7.25. The monoisotopic (exact) mass is 1030 g/mol. The van der Waals surface area contributed by atoms with Gasteiger partial charge in [0.05, 0.1) is 12.4 Å². The second-order valence-corrected chi connectivity index (χ2v) is 22.0. The van der Waals surface area contributed by atoms with Crippen molar-refractivity contribution in [2.24, 2.45) is 10.2 Å². The van der Waals surface area contributed by atoms with E-state index < -0.39 is 42.3 Å². The summed E-state index contributed by atoms with van der Waals surface area (Å²) >= 11 is -1.03. The third-order valence-corrected chi connectivity index (χ3v) is 16.5. The van der Waals surface area contributed by atoms with Crippen molar-refractivity contribution in [3.05, 3.63) is 205 Å². The first-order valence-corrected chi connectivity index (χ1v) is 25.9. The Balaban J connectivity index is 0.000000198. The van der Waals surface area contributed by atoms with Crippen LogP contribution < -0.4 is 25.2 Å². The van der Waals surface area contributed by atoms with Crippen molar-refractivity contribution in [2.45, 2.75) is 25.7 Å². The number of hydrogen-bond acceptors (Lipinski definition) is 6. The fourth-order valence-electron chi connectivity index (χ4n) is 6.28. The van der Waals surface area contributed by atoms with Gasteiger partial charge in [-0.1, -0.05) is 60.7 Å². The molecule has 4 N–H and O–H groups in total. The zero-order valence-corrected chi connectivity index (χ0v) is 39.8. The van der Waals surface area contributed by atoms with Crippen molar-refractivity contribution in [1.82, 2.24) is 10.9 Å². The molecular weight excluding hydrogens is 982 g/mol. The van der Waals surface area contributed by atoms with Gasteiger partial charge in [0.2, 0.25) is 11.8 Å². The summed E-state index contributed by atoms with van der Waals surface area (Å²) in [6.07, 6.45) is 4.27. The van der Waals surface area contributed by atoms with Crippen LogP contribution in [0.3, 0.4) is 0 Å². The zero-order chi connectivity index (χ0) is 43.2. The van der Waals surface area contributed by atoms with Crippen LogP contribution in [0.4, 0.5) is 0 Å². The maximum absolute atomic E-state index is 12.1. The Kier molecular flexibility index (Phi) is 18.2. The van der Waals surface area contributed by atoms with E-state index in [-0.39, 0.29) is 36.2 Å². The number of aromatic hydroxyl groups is 2. The van der Waals surface area contributed by atoms with E-state index >= 15 is 0 Å². The number of carbonyl (C=O) groups excluding carboxylic acids is 2. The summed E-state index contributed by atoms with van der Waals surface area (Å²) in [6.45, 7) is 0. The molecule has 0 saturated carbocycles. The second-order valence-electron chi connectivity index (χ2n) is 13.9. The third-order valence-electron chi connectivity index (χ3n) is 9.39. The summed E-state index contributed by atoms with van der Waals surface area (Å²) in [6, 6.07) is 65.1. The molecule has 8 aromatic carbocycles. The average Bonchev–Trinajstić information content (AvgIpc) is 3.31. The van der Waals surface area contributed by atoms with Gasteiger partial charge in [0.15, 0.2) is 0 Å². The van der Waals surface area contributed by atoms with Gasteiger partial charge < -0.3 is 10.2 Å². The molecule has 8 nitrogen and oxygen atoms in total. The number of phenols is 2. The minimum absolute atomic E-state index is 0.0797. The fourth-order valence-corrected chi connectivity index (χ4v) is 12.3. The molecule has 0 fully saturated rings. The second kappa shape index (κ2) is 24.9. The standard InChI is InChI=1S/C28H26N4O4.4C6H5.2Sn/c33-25-15-13-19-7-1-3-9-21(19)23(25)17-29-31-27(35)11-5-6-12-28(36)32-30-18-24-22-10-4-2-8-20(22)14-16-26(24)34;4*1-2-4-6-5-3-1;;/h1-4,7-10,13-18,33-34H,5-6,11-12H2,(H,31,35)(H,32,36);4*1-5H;;/b29-17+,30-18+;;;;;;. The van der Waals surface area contributed by atoms with Gasteiger partial charge in [-0.2, -0.15) is 10.2 Å². The molecule has 0 heterocycles. The van der Waals surface area contributed by atoms with Gasteiger partial charge in [0.25, 0.3) is 0 Å². The Morgan fingerprint density at radius 3 is 1.06 bits per heavy atom. The first kappa shape index (κ1) is 45.3. The predicted molar refractivity (Wildman–Crippen MR) is 257 cm³/mol. The van der Waals surface area contributed by atoms with Crippen LogP contribution >= 0.6 is 0 Å². The molecule has 0 spiro atoms. The first-order valence-electron chi connectivity index (χ1n) is 20.2. The number of hydrazone groups is 2. The number of nitrogens with one attached hydrogen (secondary N) is 2. The van der Waals surface area contributed by atoms with Crippen molar-refractivity contribution >= 4 is 102 Å². The van der Waals surface area contributed by atoms with Crippen molar-refractivity contribution in [3.63, 3.8) is 0 Å². The molecular formula is C52H46N4O4Sn2. The molecule has 10 heteroatoms. The molecule has 0 aliphatic heterocycles. The van der Waals surface area contributed by atoms with Crippen LogP contribution in [0.5, 0.6) is 11.5 Å². The number of benzene rings is 8. The molecule has 306 valence electrons. The Morgan fingerprint density at radius 2 is 0.726 bits per heavy atom. The Hall–Kier alpha value is -6.24. The van der Waals surface area contributed by atoms with Gasteiger partial charge in [0.1, 0.15) is 11.5 Å². The first-order chi connectivity index (χ1) is 30.4. The molecule has 8 aromatic rings. The zero-order valence-electron chi connectivity index (χ0n) is 34.1. The van der Waals surface area contributed by atoms with E-state index in [4.69, 9.17) is 0 Å². The number of nitrogens with zero attached hydrogens (tertiary/aromatic N) is 2. The average molecular weight is 1030 g/mol. The van der Waals surface area contributed by atoms with E-state index in [1.54, 1.807) is 12.1 Å². The molecule has 0 atom stereocenters. The van der Waals surface area contributed by atoms with Gasteiger partial charge in [-0.15, -0.1) is 0 Å². The van der Waals surface area contributed by atoms with E-state index in [9.17, 15) is 19.8 Å². The summed E-state index contributed by atoms with van der Waals surface area (Å²) < 4.78 is 6.16. The van der Waals surface area contributed by atoms with E-state index in [0.29, 0.717) is 24.0 Å². The van der Waals surface area contributed by atoms with Gasteiger partial charge >= 0.3 is 178 Å². The van der Waals surface area contributed by atoms with E-state index in [0.717, 1.165) is 21.5 Å². The van der Waals surface area contributed by atoms with E-state index in [1.807, 2.05) is 60.7 Å². The van der Waals surface area contributed by atoms with Crippen LogP contribution in [-0.4, -0.2) is 76.7 Å². The molecule has 4 radical (unpaired) electrons. The van der Waals surface area contributed by atoms with Crippen LogP contribution in [-0.2, 0) is 9.59 Å². The Labute approximate surface area is 382 Å². The van der Waals surface area contributed by atoms with Crippen LogP contribution in [0.15, 0.2) is 204 Å². The molecule has 0 bridgehead atoms. The quantitative estimate of drug-likeness (QED) is 0.0421. The number of hydrogen-bond donors (Lipinski definition) is 4. The summed E-state index contributed by atoms with van der Waals surface area (Å²) in [4.78, 5) is 24.1. The van der Waals surface area contributed by atoms with Gasteiger partial charge in [0, 0.05) is 24.0 Å². The number of phenolic OH excluding ortho intramolecular Hbond substituents is 2. The van der Waals surface area contributed by atoms with Crippen LogP contribution in [0.1, 0.15) is 36.8 Å². The molecule has 62 heavy (non-hydrogen) atoms. The van der Waals surface area contributed by atoms with Gasteiger partial charge in [-0.25, -0.2) is 10.9 Å². The number of rotatable bonds is 13. The van der Waals surface area contributed by atoms with Crippen molar-refractivity contribution in [3.8, 4) is 11.5 Å². The molecule has 0 saturated heterocycles. The SMILES string of the molecule is O=C(CCCCC(=O)N/N=C/c1c(O)ccc2ccccc12)N/N=C/c1c(O)ccc2ccccc12.c1cc[c]([Sn][c]2ccccc2)cc1.c1cc[c]([Sn][c]2ccccc2)cc1. The van der Waals surface area contributed by atoms with Crippen molar-refractivity contribution in [1.29, 1.82) is 0 Å². The summed E-state index contributed by atoms with van der Waals surface area (Å²) in [5.41, 5.74) is 5.97. The normalized spacial score (nSPS) is 10.8. The van der Waals surface area contributed by atoms with Crippen molar-refractivity contribution in [2.75, 3.05) is 0 Å². The maximum atomic E-state index is 12.1. The Morgan fingerprint density at radius 1 is 0.419 bits per heavy atom. The van der Waals surface area contributed by atoms with E-state index in [2.05, 4.69) is 142 Å². The molecule has 0 aliphatic rings. The van der Waals surface area contributed by atoms with Crippen molar-refractivity contribution < 1.29 is 19.8 Å². The van der Waals surface area contributed by atoms with Crippen LogP contribution in [0.25, 0.3) is 21.5 Å². The topological polar surface area (TPSA) is 123 Å². The number of unbranched alkanes of at least 4 members (excludes halogenated alkanes) is 1. The molecule has 8 rings (SSSR count). The molecule has 2 amide bonds. The minimum atomic E-state index is -0.517. The summed E-state index contributed by atoms with van der Waals surface area (Å²) in [7, 11) is 0. The number of carbonyl (C=O) groups is 2. The molecule has 0 unspecified atom stereocenters. The Bertz CT molecular complexity index is 2440. The fraction of sp³-hybridized carbons (Fsp3) is 0.0769. The summed E-state index contributed by atoms with van der Waals surface area (Å²) in [5.74, 6) is -0.404. The number of amides is 2. The van der Waals surface area contributed by atoms with E-state index in [1.165, 1.54) is 26.7 Å². The number of fused-ring (bicyclic) bond motifs is 2. The third kappa shape index (κ3) is 14.7. The molecule has 0 aliphatic carbocycles. The van der Waals surface area contributed by atoms with Gasteiger partial charge in [-0.05, 0) is 46.5 Å².